The summed E-state index contributed by atoms with van der Waals surface area (Å²) < 4.78 is 27.8. The van der Waals surface area contributed by atoms with Gasteiger partial charge in [0.15, 0.2) is 5.65 Å². The highest BCUT2D eigenvalue weighted by Crippen LogP contribution is 2.57. The maximum atomic E-state index is 13.1. The highest BCUT2D eigenvalue weighted by molar-refractivity contribution is 5.93. The zero-order valence-corrected chi connectivity index (χ0v) is 11.7. The molecule has 0 radical (unpaired) electrons. The fourth-order valence-electron chi connectivity index (χ4n) is 3.29. The van der Waals surface area contributed by atoms with E-state index in [1.165, 1.54) is 11.1 Å². The molecule has 116 valence electrons. The SMILES string of the molecule is O=C(Nc1cnn2cccnc12)N1CC(C(F)F)C2(CC2)C1. The molecule has 2 aromatic heterocycles. The molecule has 2 amide bonds. The second-order valence-electron chi connectivity index (χ2n) is 6.06. The van der Waals surface area contributed by atoms with Crippen molar-refractivity contribution in [2.45, 2.75) is 19.3 Å². The number of urea groups is 1. The molecule has 6 nitrogen and oxygen atoms in total. The van der Waals surface area contributed by atoms with Crippen LogP contribution in [0, 0.1) is 11.3 Å². The second kappa shape index (κ2) is 4.62. The summed E-state index contributed by atoms with van der Waals surface area (Å²) in [5, 5.41) is 6.81. The van der Waals surface area contributed by atoms with Gasteiger partial charge in [0.2, 0.25) is 6.43 Å². The lowest BCUT2D eigenvalue weighted by Gasteiger charge is -2.16. The van der Waals surface area contributed by atoms with Gasteiger partial charge in [0.25, 0.3) is 0 Å². The van der Waals surface area contributed by atoms with Crippen molar-refractivity contribution in [3.63, 3.8) is 0 Å². The van der Waals surface area contributed by atoms with Crippen LogP contribution in [0.2, 0.25) is 0 Å². The van der Waals surface area contributed by atoms with Crippen LogP contribution < -0.4 is 5.32 Å². The van der Waals surface area contributed by atoms with Gasteiger partial charge in [-0.15, -0.1) is 0 Å². The Morgan fingerprint density at radius 1 is 1.45 bits per heavy atom. The summed E-state index contributed by atoms with van der Waals surface area (Å²) in [4.78, 5) is 18.0. The fraction of sp³-hybridized carbons (Fsp3) is 0.500. The molecular weight excluding hydrogens is 292 g/mol. The quantitative estimate of drug-likeness (QED) is 0.925. The molecule has 2 aliphatic rings. The van der Waals surface area contributed by atoms with E-state index in [4.69, 9.17) is 0 Å². The predicted octanol–water partition coefficient (Wildman–Crippen LogP) is 2.24. The van der Waals surface area contributed by atoms with Gasteiger partial charge in [0, 0.05) is 31.4 Å². The van der Waals surface area contributed by atoms with Gasteiger partial charge in [0.1, 0.15) is 5.69 Å². The van der Waals surface area contributed by atoms with E-state index in [9.17, 15) is 13.6 Å². The largest absolute Gasteiger partial charge is 0.323 e. The minimum atomic E-state index is -2.38. The van der Waals surface area contributed by atoms with E-state index in [-0.39, 0.29) is 18.0 Å². The van der Waals surface area contributed by atoms with Gasteiger partial charge < -0.3 is 10.2 Å². The molecule has 2 fully saturated rings. The number of likely N-dealkylation sites (tertiary alicyclic amines) is 1. The number of hydrogen-bond donors (Lipinski definition) is 1. The van der Waals surface area contributed by atoms with Crippen LogP contribution in [0.25, 0.3) is 5.65 Å². The molecule has 4 rings (SSSR count). The molecule has 2 aromatic rings. The lowest BCUT2D eigenvalue weighted by molar-refractivity contribution is 0.0563. The van der Waals surface area contributed by atoms with Gasteiger partial charge in [-0.2, -0.15) is 5.10 Å². The number of hydrogen-bond acceptors (Lipinski definition) is 3. The Labute approximate surface area is 125 Å². The van der Waals surface area contributed by atoms with Crippen molar-refractivity contribution in [3.05, 3.63) is 24.7 Å². The lowest BCUT2D eigenvalue weighted by Crippen LogP contribution is -2.33. The van der Waals surface area contributed by atoms with E-state index >= 15 is 0 Å². The Kier molecular flexibility index (Phi) is 2.82. The van der Waals surface area contributed by atoms with Crippen molar-refractivity contribution >= 4 is 17.4 Å². The third-order valence-corrected chi connectivity index (χ3v) is 4.71. The Balaban J connectivity index is 1.51. The molecule has 22 heavy (non-hydrogen) atoms. The van der Waals surface area contributed by atoms with Crippen LogP contribution in [-0.4, -0.2) is 45.0 Å². The number of anilines is 1. The third kappa shape index (κ3) is 2.01. The molecule has 1 saturated carbocycles. The first kappa shape index (κ1) is 13.4. The molecule has 1 aliphatic heterocycles. The summed E-state index contributed by atoms with van der Waals surface area (Å²) in [6.07, 6.45) is 4.02. The molecule has 1 atom stereocenters. The van der Waals surface area contributed by atoms with Gasteiger partial charge in [-0.25, -0.2) is 23.1 Å². The van der Waals surface area contributed by atoms with Crippen molar-refractivity contribution in [1.29, 1.82) is 0 Å². The second-order valence-corrected chi connectivity index (χ2v) is 6.06. The first-order chi connectivity index (χ1) is 10.6. The van der Waals surface area contributed by atoms with Gasteiger partial charge in [0.05, 0.1) is 6.20 Å². The average Bonchev–Trinajstić information content (AvgIpc) is 2.98. The molecule has 1 N–H and O–H groups in total. The maximum absolute atomic E-state index is 13.1. The van der Waals surface area contributed by atoms with E-state index in [0.29, 0.717) is 17.9 Å². The zero-order chi connectivity index (χ0) is 15.3. The van der Waals surface area contributed by atoms with Crippen molar-refractivity contribution in [3.8, 4) is 0 Å². The Hall–Kier alpha value is -2.25. The van der Waals surface area contributed by atoms with Crippen molar-refractivity contribution < 1.29 is 13.6 Å². The summed E-state index contributed by atoms with van der Waals surface area (Å²) in [7, 11) is 0. The highest BCUT2D eigenvalue weighted by atomic mass is 19.3. The van der Waals surface area contributed by atoms with E-state index in [0.717, 1.165) is 12.8 Å². The van der Waals surface area contributed by atoms with Crippen LogP contribution in [0.15, 0.2) is 24.7 Å². The molecule has 1 unspecified atom stereocenters. The maximum Gasteiger partial charge on any atom is 0.322 e. The van der Waals surface area contributed by atoms with Crippen LogP contribution in [0.1, 0.15) is 12.8 Å². The van der Waals surface area contributed by atoms with Crippen LogP contribution in [0.4, 0.5) is 19.3 Å². The number of carbonyl (C=O) groups is 1. The van der Waals surface area contributed by atoms with Crippen LogP contribution in [0.5, 0.6) is 0 Å². The van der Waals surface area contributed by atoms with Crippen LogP contribution >= 0.6 is 0 Å². The average molecular weight is 307 g/mol. The van der Waals surface area contributed by atoms with Crippen molar-refractivity contribution in [2.75, 3.05) is 18.4 Å². The summed E-state index contributed by atoms with van der Waals surface area (Å²) >= 11 is 0. The molecular formula is C14H15F2N5O. The number of alkyl halides is 2. The van der Waals surface area contributed by atoms with Crippen molar-refractivity contribution in [1.82, 2.24) is 19.5 Å². The molecule has 8 heteroatoms. The number of rotatable bonds is 2. The number of nitrogens with zero attached hydrogens (tertiary/aromatic N) is 4. The first-order valence-corrected chi connectivity index (χ1v) is 7.21. The molecule has 3 heterocycles. The first-order valence-electron chi connectivity index (χ1n) is 7.21. The molecule has 0 bridgehead atoms. The minimum Gasteiger partial charge on any atom is -0.323 e. The number of amides is 2. The standard InChI is InChI=1S/C14H15F2N5O/c15-11(16)9-7-20(8-14(9)2-3-14)13(22)19-10-6-18-21-5-1-4-17-12(10)21/h1,4-6,9,11H,2-3,7-8H2,(H,19,22). The molecule has 1 spiro atoms. The van der Waals surface area contributed by atoms with Gasteiger partial charge in [-0.05, 0) is 24.3 Å². The van der Waals surface area contributed by atoms with Gasteiger partial charge in [-0.1, -0.05) is 0 Å². The van der Waals surface area contributed by atoms with E-state index in [2.05, 4.69) is 15.4 Å². The number of fused-ring (bicyclic) bond motifs is 1. The molecule has 1 saturated heterocycles. The summed E-state index contributed by atoms with van der Waals surface area (Å²) in [5.41, 5.74) is 0.655. The summed E-state index contributed by atoms with van der Waals surface area (Å²) in [6, 6.07) is 1.37. The monoisotopic (exact) mass is 307 g/mol. The summed E-state index contributed by atoms with van der Waals surface area (Å²) in [5.74, 6) is -0.708. The van der Waals surface area contributed by atoms with Crippen molar-refractivity contribution in [2.24, 2.45) is 11.3 Å². The number of carbonyl (C=O) groups excluding carboxylic acids is 1. The molecule has 0 aromatic carbocycles. The van der Waals surface area contributed by atoms with Gasteiger partial charge in [-0.3, -0.25) is 0 Å². The van der Waals surface area contributed by atoms with Gasteiger partial charge >= 0.3 is 6.03 Å². The Morgan fingerprint density at radius 3 is 2.95 bits per heavy atom. The van der Waals surface area contributed by atoms with E-state index in [1.54, 1.807) is 23.0 Å². The van der Waals surface area contributed by atoms with E-state index in [1.807, 2.05) is 0 Å². The lowest BCUT2D eigenvalue weighted by atomic mass is 9.93. The number of nitrogens with one attached hydrogen (secondary N) is 1. The number of aromatic nitrogens is 3. The predicted molar refractivity (Wildman–Crippen MR) is 74.7 cm³/mol. The highest BCUT2D eigenvalue weighted by Gasteiger charge is 2.59. The topological polar surface area (TPSA) is 62.5 Å². The van der Waals surface area contributed by atoms with E-state index < -0.39 is 12.3 Å². The zero-order valence-electron chi connectivity index (χ0n) is 11.7. The summed E-state index contributed by atoms with van der Waals surface area (Å²) in [6.45, 7) is 0.511. The number of halogens is 2. The molecule has 1 aliphatic carbocycles. The Bertz CT molecular complexity index is 727. The smallest absolute Gasteiger partial charge is 0.322 e. The Morgan fingerprint density at radius 2 is 2.27 bits per heavy atom. The minimum absolute atomic E-state index is 0.107. The van der Waals surface area contributed by atoms with Crippen LogP contribution in [-0.2, 0) is 0 Å². The van der Waals surface area contributed by atoms with Crippen LogP contribution in [0.3, 0.4) is 0 Å². The fourth-order valence-corrected chi connectivity index (χ4v) is 3.29. The normalized spacial score (nSPS) is 22.7. The third-order valence-electron chi connectivity index (χ3n) is 4.71.